The summed E-state index contributed by atoms with van der Waals surface area (Å²) in [5.74, 6) is 0.632. The van der Waals surface area contributed by atoms with Crippen LogP contribution < -0.4 is 0 Å². The SMILES string of the molecule is CN1CCC(N2CC[C@H]3[C@H](CCC(=O)N3Cc3ccc(F)cc3)C2)CC1. The van der Waals surface area contributed by atoms with Gasteiger partial charge in [-0.25, -0.2) is 4.39 Å². The van der Waals surface area contributed by atoms with Crippen LogP contribution >= 0.6 is 0 Å². The van der Waals surface area contributed by atoms with Gasteiger partial charge in [-0.1, -0.05) is 12.1 Å². The zero-order valence-electron chi connectivity index (χ0n) is 15.7. The number of hydrogen-bond acceptors (Lipinski definition) is 3. The van der Waals surface area contributed by atoms with Gasteiger partial charge >= 0.3 is 0 Å². The van der Waals surface area contributed by atoms with Gasteiger partial charge in [0, 0.05) is 38.1 Å². The van der Waals surface area contributed by atoms with Crippen LogP contribution in [0.5, 0.6) is 0 Å². The lowest BCUT2D eigenvalue weighted by atomic mass is 9.82. The molecule has 3 fully saturated rings. The van der Waals surface area contributed by atoms with Crippen molar-refractivity contribution in [3.05, 3.63) is 35.6 Å². The lowest BCUT2D eigenvalue weighted by Gasteiger charge is -2.49. The van der Waals surface area contributed by atoms with Crippen molar-refractivity contribution in [3.63, 3.8) is 0 Å². The summed E-state index contributed by atoms with van der Waals surface area (Å²) < 4.78 is 13.2. The topological polar surface area (TPSA) is 26.8 Å². The molecule has 2 atom stereocenters. The molecule has 1 aromatic rings. The van der Waals surface area contributed by atoms with Crippen molar-refractivity contribution in [1.29, 1.82) is 0 Å². The number of amides is 1. The largest absolute Gasteiger partial charge is 0.335 e. The summed E-state index contributed by atoms with van der Waals surface area (Å²) >= 11 is 0. The number of rotatable bonds is 3. The molecule has 4 rings (SSSR count). The van der Waals surface area contributed by atoms with Gasteiger partial charge in [-0.3, -0.25) is 9.69 Å². The number of piperidine rings is 3. The Labute approximate surface area is 155 Å². The van der Waals surface area contributed by atoms with Crippen LogP contribution in [0.4, 0.5) is 4.39 Å². The van der Waals surface area contributed by atoms with Crippen molar-refractivity contribution >= 4 is 5.91 Å². The van der Waals surface area contributed by atoms with E-state index < -0.39 is 0 Å². The first-order valence-corrected chi connectivity index (χ1v) is 10.1. The minimum absolute atomic E-state index is 0.219. The van der Waals surface area contributed by atoms with Crippen molar-refractivity contribution < 1.29 is 9.18 Å². The molecule has 0 aromatic heterocycles. The van der Waals surface area contributed by atoms with Gasteiger partial charge in [0.2, 0.25) is 5.91 Å². The fourth-order valence-corrected chi connectivity index (χ4v) is 5.06. The van der Waals surface area contributed by atoms with Crippen LogP contribution in [0.2, 0.25) is 0 Å². The number of hydrogen-bond donors (Lipinski definition) is 0. The second-order valence-electron chi connectivity index (χ2n) is 8.33. The Morgan fingerprint density at radius 1 is 1.04 bits per heavy atom. The van der Waals surface area contributed by atoms with E-state index >= 15 is 0 Å². The number of likely N-dealkylation sites (tertiary alicyclic amines) is 3. The highest BCUT2D eigenvalue weighted by molar-refractivity contribution is 5.77. The van der Waals surface area contributed by atoms with Crippen molar-refractivity contribution in [2.75, 3.05) is 33.2 Å². The smallest absolute Gasteiger partial charge is 0.223 e. The molecule has 3 aliphatic heterocycles. The maximum atomic E-state index is 13.2. The van der Waals surface area contributed by atoms with E-state index in [9.17, 15) is 9.18 Å². The maximum Gasteiger partial charge on any atom is 0.223 e. The van der Waals surface area contributed by atoms with Crippen LogP contribution in [-0.2, 0) is 11.3 Å². The van der Waals surface area contributed by atoms with E-state index in [-0.39, 0.29) is 11.7 Å². The van der Waals surface area contributed by atoms with Gasteiger partial charge in [0.15, 0.2) is 0 Å². The van der Waals surface area contributed by atoms with Gasteiger partial charge in [-0.2, -0.15) is 0 Å². The molecule has 26 heavy (non-hydrogen) atoms. The molecule has 0 N–H and O–H groups in total. The minimum atomic E-state index is -0.219. The molecular weight excluding hydrogens is 329 g/mol. The van der Waals surface area contributed by atoms with E-state index in [1.807, 2.05) is 0 Å². The van der Waals surface area contributed by atoms with E-state index in [0.29, 0.717) is 24.9 Å². The molecule has 0 aliphatic carbocycles. The number of benzene rings is 1. The summed E-state index contributed by atoms with van der Waals surface area (Å²) in [5, 5.41) is 0. The third-order valence-corrected chi connectivity index (χ3v) is 6.65. The molecule has 3 heterocycles. The van der Waals surface area contributed by atoms with E-state index in [1.165, 1.54) is 38.1 Å². The maximum absolute atomic E-state index is 13.2. The molecule has 5 heteroatoms. The Morgan fingerprint density at radius 2 is 1.77 bits per heavy atom. The Bertz CT molecular complexity index is 627. The molecule has 1 aromatic carbocycles. The van der Waals surface area contributed by atoms with Crippen LogP contribution in [0.25, 0.3) is 0 Å². The normalized spacial score (nSPS) is 29.0. The highest BCUT2D eigenvalue weighted by Crippen LogP contribution is 2.34. The Balaban J connectivity index is 1.41. The zero-order valence-corrected chi connectivity index (χ0v) is 15.7. The van der Waals surface area contributed by atoms with Crippen LogP contribution in [0.15, 0.2) is 24.3 Å². The minimum Gasteiger partial charge on any atom is -0.335 e. The molecule has 0 saturated carbocycles. The first kappa shape index (κ1) is 17.9. The number of halogens is 1. The molecule has 1 amide bonds. The molecule has 4 nitrogen and oxygen atoms in total. The van der Waals surface area contributed by atoms with Gasteiger partial charge in [0.1, 0.15) is 5.82 Å². The summed E-state index contributed by atoms with van der Waals surface area (Å²) in [6, 6.07) is 7.66. The zero-order chi connectivity index (χ0) is 18.1. The molecule has 3 saturated heterocycles. The molecule has 142 valence electrons. The molecular formula is C21H30FN3O. The Hall–Kier alpha value is -1.46. The molecule has 0 unspecified atom stereocenters. The Morgan fingerprint density at radius 3 is 2.50 bits per heavy atom. The summed E-state index contributed by atoms with van der Waals surface area (Å²) in [7, 11) is 2.21. The Kier molecular flexibility index (Phi) is 5.28. The van der Waals surface area contributed by atoms with Crippen LogP contribution in [0.1, 0.15) is 37.7 Å². The first-order valence-electron chi connectivity index (χ1n) is 10.1. The molecule has 3 aliphatic rings. The third kappa shape index (κ3) is 3.79. The number of fused-ring (bicyclic) bond motifs is 1. The van der Waals surface area contributed by atoms with Crippen LogP contribution in [0, 0.1) is 11.7 Å². The summed E-state index contributed by atoms with van der Waals surface area (Å²) in [6.45, 7) is 5.25. The van der Waals surface area contributed by atoms with E-state index in [2.05, 4.69) is 21.7 Å². The predicted molar refractivity (Wildman–Crippen MR) is 100 cm³/mol. The van der Waals surface area contributed by atoms with Gasteiger partial charge in [0.05, 0.1) is 0 Å². The molecule has 0 spiro atoms. The molecule has 0 radical (unpaired) electrons. The van der Waals surface area contributed by atoms with Gasteiger partial charge in [-0.15, -0.1) is 0 Å². The second-order valence-corrected chi connectivity index (χ2v) is 8.33. The number of nitrogens with zero attached hydrogens (tertiary/aromatic N) is 3. The van der Waals surface area contributed by atoms with Gasteiger partial charge in [-0.05, 0) is 69.4 Å². The summed E-state index contributed by atoms with van der Waals surface area (Å²) in [5.41, 5.74) is 1.03. The highest BCUT2D eigenvalue weighted by Gasteiger charge is 2.40. The quantitative estimate of drug-likeness (QED) is 0.830. The average Bonchev–Trinajstić information content (AvgIpc) is 2.66. The second kappa shape index (κ2) is 7.65. The van der Waals surface area contributed by atoms with Crippen LogP contribution in [0.3, 0.4) is 0 Å². The lowest BCUT2D eigenvalue weighted by molar-refractivity contribution is -0.142. The lowest BCUT2D eigenvalue weighted by Crippen LogP contribution is -2.58. The standard InChI is InChI=1S/C21H30FN3O/c1-23-11-8-19(9-12-23)24-13-10-20-17(15-24)4-7-21(26)25(20)14-16-2-5-18(22)6-3-16/h2-3,5-6,17,19-20H,4,7-15H2,1H3/t17-,20+/m1/s1. The fraction of sp³-hybridized carbons (Fsp3) is 0.667. The van der Waals surface area contributed by atoms with Crippen molar-refractivity contribution in [2.45, 2.75) is 50.7 Å². The van der Waals surface area contributed by atoms with Gasteiger partial charge in [0.25, 0.3) is 0 Å². The summed E-state index contributed by atoms with van der Waals surface area (Å²) in [6.07, 6.45) is 5.29. The first-order chi connectivity index (χ1) is 12.6. The average molecular weight is 359 g/mol. The van der Waals surface area contributed by atoms with E-state index in [0.717, 1.165) is 37.5 Å². The van der Waals surface area contributed by atoms with Crippen molar-refractivity contribution in [1.82, 2.24) is 14.7 Å². The predicted octanol–water partition coefficient (Wildman–Crippen LogP) is 2.73. The van der Waals surface area contributed by atoms with E-state index in [1.54, 1.807) is 12.1 Å². The van der Waals surface area contributed by atoms with Crippen molar-refractivity contribution in [3.8, 4) is 0 Å². The monoisotopic (exact) mass is 359 g/mol. The summed E-state index contributed by atoms with van der Waals surface area (Å²) in [4.78, 5) is 19.8. The van der Waals surface area contributed by atoms with Crippen LogP contribution in [-0.4, -0.2) is 65.9 Å². The number of carbonyl (C=O) groups excluding carboxylic acids is 1. The fourth-order valence-electron chi connectivity index (χ4n) is 5.06. The van der Waals surface area contributed by atoms with Gasteiger partial charge < -0.3 is 9.80 Å². The van der Waals surface area contributed by atoms with E-state index in [4.69, 9.17) is 0 Å². The molecule has 0 bridgehead atoms. The highest BCUT2D eigenvalue weighted by atomic mass is 19.1. The number of carbonyl (C=O) groups is 1. The van der Waals surface area contributed by atoms with Crippen molar-refractivity contribution in [2.24, 2.45) is 5.92 Å². The third-order valence-electron chi connectivity index (χ3n) is 6.65.